The summed E-state index contributed by atoms with van der Waals surface area (Å²) in [4.78, 5) is 11.7. The van der Waals surface area contributed by atoms with E-state index in [1.165, 1.54) is 70.6 Å². The van der Waals surface area contributed by atoms with Crippen molar-refractivity contribution in [3.8, 4) is 0 Å². The van der Waals surface area contributed by atoms with Gasteiger partial charge in [0, 0.05) is 12.0 Å². The summed E-state index contributed by atoms with van der Waals surface area (Å²) in [5.41, 5.74) is 0.617. The molecule has 3 rings (SSSR count). The third kappa shape index (κ3) is 14.2. The first-order valence-electron chi connectivity index (χ1n) is 18.6. The van der Waals surface area contributed by atoms with Crippen molar-refractivity contribution in [3.63, 3.8) is 0 Å². The van der Waals surface area contributed by atoms with Gasteiger partial charge in [-0.15, -0.1) is 0 Å². The first-order chi connectivity index (χ1) is 21.4. The molecule has 0 bridgehead atoms. The summed E-state index contributed by atoms with van der Waals surface area (Å²) in [5, 5.41) is 31.5. The Morgan fingerprint density at radius 1 is 0.750 bits per heavy atom. The highest BCUT2D eigenvalue weighted by atomic mass is 16.6. The van der Waals surface area contributed by atoms with Gasteiger partial charge in [0.15, 0.2) is 0 Å². The van der Waals surface area contributed by atoms with Crippen molar-refractivity contribution in [1.82, 2.24) is 0 Å². The predicted molar refractivity (Wildman–Crippen MR) is 175 cm³/mol. The molecule has 3 aliphatic heterocycles. The Bertz CT molecular complexity index is 801. The first-order valence-corrected chi connectivity index (χ1v) is 18.6. The largest absolute Gasteiger partial charge is 0.455 e. The van der Waals surface area contributed by atoms with E-state index < -0.39 is 12.2 Å². The molecule has 7 heteroatoms. The van der Waals surface area contributed by atoms with E-state index in [0.29, 0.717) is 12.0 Å². The van der Waals surface area contributed by atoms with Crippen LogP contribution < -0.4 is 0 Å². The lowest BCUT2D eigenvalue weighted by molar-refractivity contribution is -0.168. The molecule has 3 heterocycles. The van der Waals surface area contributed by atoms with E-state index in [9.17, 15) is 20.1 Å². The summed E-state index contributed by atoms with van der Waals surface area (Å²) >= 11 is 0. The van der Waals surface area contributed by atoms with Crippen molar-refractivity contribution < 1.29 is 34.3 Å². The SMILES string of the molecule is CCCCCCCCCC[C@@H]1O[C@H]([C@H]2CC[C@H]([C@H](O)CCCCCCCCCC[C@@H](O)CC3=C[C@H](C)OC3=O)O2)CC[C@@H]1O. The maximum atomic E-state index is 11.7. The molecular formula is C37H66O7. The molecule has 3 N–H and O–H groups in total. The number of carbonyl (C=O) groups is 1. The summed E-state index contributed by atoms with van der Waals surface area (Å²) in [6, 6.07) is 0. The monoisotopic (exact) mass is 622 g/mol. The smallest absolute Gasteiger partial charge is 0.334 e. The minimum absolute atomic E-state index is 0.0457. The standard InChI is InChI=1S/C37H66O7/c1-3-4-5-6-7-12-15-18-21-33-32(40)22-23-35(43-33)36-25-24-34(44-36)31(39)20-17-14-11-9-8-10-13-16-19-30(38)27-29-26-28(2)42-37(29)41/h26,28,30-36,38-40H,3-25,27H2,1-2H3/t28-,30+,31+,32-,33-,34+,35-,36+/m0/s1. The van der Waals surface area contributed by atoms with Crippen LogP contribution in [-0.4, -0.2) is 70.1 Å². The van der Waals surface area contributed by atoms with Crippen LogP contribution in [0.1, 0.15) is 168 Å². The van der Waals surface area contributed by atoms with Gasteiger partial charge in [0.1, 0.15) is 6.10 Å². The van der Waals surface area contributed by atoms with Crippen molar-refractivity contribution in [1.29, 1.82) is 0 Å². The second-order valence-electron chi connectivity index (χ2n) is 14.0. The van der Waals surface area contributed by atoms with Crippen LogP contribution in [0.4, 0.5) is 0 Å². The summed E-state index contributed by atoms with van der Waals surface area (Å²) in [6.07, 6.45) is 26.0. The van der Waals surface area contributed by atoms with Gasteiger partial charge in [-0.3, -0.25) is 0 Å². The van der Waals surface area contributed by atoms with Crippen LogP contribution >= 0.6 is 0 Å². The fourth-order valence-corrected chi connectivity index (χ4v) is 7.28. The van der Waals surface area contributed by atoms with Gasteiger partial charge in [0.05, 0.1) is 42.7 Å². The predicted octanol–water partition coefficient (Wildman–Crippen LogP) is 7.86. The van der Waals surface area contributed by atoms with Gasteiger partial charge in [-0.25, -0.2) is 4.79 Å². The third-order valence-corrected chi connectivity index (χ3v) is 10.0. The second-order valence-corrected chi connectivity index (χ2v) is 14.0. The van der Waals surface area contributed by atoms with Crippen molar-refractivity contribution in [2.45, 2.75) is 217 Å². The molecule has 0 aromatic carbocycles. The lowest BCUT2D eigenvalue weighted by Gasteiger charge is -2.37. The molecule has 3 aliphatic rings. The maximum absolute atomic E-state index is 11.7. The lowest BCUT2D eigenvalue weighted by Crippen LogP contribution is -2.44. The van der Waals surface area contributed by atoms with E-state index in [0.717, 1.165) is 77.0 Å². The van der Waals surface area contributed by atoms with Gasteiger partial charge >= 0.3 is 5.97 Å². The molecule has 0 aromatic heterocycles. The first kappa shape index (κ1) is 37.5. The molecule has 0 spiro atoms. The number of rotatable bonds is 24. The van der Waals surface area contributed by atoms with Crippen LogP contribution in [0.2, 0.25) is 0 Å². The van der Waals surface area contributed by atoms with Crippen molar-refractivity contribution >= 4 is 5.97 Å². The van der Waals surface area contributed by atoms with Gasteiger partial charge in [0.2, 0.25) is 0 Å². The van der Waals surface area contributed by atoms with Gasteiger partial charge in [0.25, 0.3) is 0 Å². The fraction of sp³-hybridized carbons (Fsp3) is 0.919. The Hall–Kier alpha value is -0.990. The van der Waals surface area contributed by atoms with Crippen LogP contribution in [-0.2, 0) is 19.0 Å². The van der Waals surface area contributed by atoms with Crippen LogP contribution in [0.3, 0.4) is 0 Å². The Kier molecular flexibility index (Phi) is 18.5. The number of hydrogen-bond donors (Lipinski definition) is 3. The Labute approximate surface area is 268 Å². The number of esters is 1. The molecule has 2 fully saturated rings. The number of cyclic esters (lactones) is 1. The molecule has 7 nitrogen and oxygen atoms in total. The van der Waals surface area contributed by atoms with Gasteiger partial charge < -0.3 is 29.5 Å². The molecule has 256 valence electrons. The van der Waals surface area contributed by atoms with E-state index in [2.05, 4.69) is 6.92 Å². The zero-order valence-electron chi connectivity index (χ0n) is 28.1. The van der Waals surface area contributed by atoms with E-state index in [1.54, 1.807) is 0 Å². The molecule has 2 saturated heterocycles. The number of carbonyl (C=O) groups excluding carboxylic acids is 1. The average molecular weight is 623 g/mol. The summed E-state index contributed by atoms with van der Waals surface area (Å²) in [5.74, 6) is -0.280. The van der Waals surface area contributed by atoms with Gasteiger partial charge in [-0.2, -0.15) is 0 Å². The number of unbranched alkanes of at least 4 members (excludes halogenated alkanes) is 14. The van der Waals surface area contributed by atoms with Crippen LogP contribution in [0, 0.1) is 0 Å². The zero-order chi connectivity index (χ0) is 31.6. The number of aliphatic hydroxyl groups is 3. The molecule has 0 saturated carbocycles. The van der Waals surface area contributed by atoms with Crippen molar-refractivity contribution in [3.05, 3.63) is 11.6 Å². The van der Waals surface area contributed by atoms with Crippen molar-refractivity contribution in [2.24, 2.45) is 0 Å². The Morgan fingerprint density at radius 2 is 1.32 bits per heavy atom. The van der Waals surface area contributed by atoms with Crippen LogP contribution in [0.25, 0.3) is 0 Å². The molecule has 0 amide bonds. The molecule has 0 aliphatic carbocycles. The van der Waals surface area contributed by atoms with Crippen molar-refractivity contribution in [2.75, 3.05) is 0 Å². The summed E-state index contributed by atoms with van der Waals surface area (Å²) in [6.45, 7) is 4.10. The highest BCUT2D eigenvalue weighted by Crippen LogP contribution is 2.34. The van der Waals surface area contributed by atoms with E-state index in [4.69, 9.17) is 14.2 Å². The molecule has 44 heavy (non-hydrogen) atoms. The zero-order valence-corrected chi connectivity index (χ0v) is 28.1. The molecule has 8 atom stereocenters. The van der Waals surface area contributed by atoms with E-state index in [1.807, 2.05) is 13.0 Å². The minimum Gasteiger partial charge on any atom is -0.455 e. The van der Waals surface area contributed by atoms with Crippen LogP contribution in [0.5, 0.6) is 0 Å². The summed E-state index contributed by atoms with van der Waals surface area (Å²) < 4.78 is 17.8. The molecular weight excluding hydrogens is 556 g/mol. The van der Waals surface area contributed by atoms with Gasteiger partial charge in [-0.1, -0.05) is 110 Å². The normalized spacial score (nSPS) is 28.7. The fourth-order valence-electron chi connectivity index (χ4n) is 7.28. The Morgan fingerprint density at radius 3 is 1.95 bits per heavy atom. The Balaban J connectivity index is 1.16. The number of aliphatic hydroxyl groups excluding tert-OH is 3. The molecule has 0 unspecified atom stereocenters. The lowest BCUT2D eigenvalue weighted by atomic mass is 9.93. The molecule has 0 radical (unpaired) electrons. The molecule has 0 aromatic rings. The minimum atomic E-state index is -0.464. The summed E-state index contributed by atoms with van der Waals surface area (Å²) in [7, 11) is 0. The second kappa shape index (κ2) is 21.7. The number of hydrogen-bond acceptors (Lipinski definition) is 7. The average Bonchev–Trinajstić information content (AvgIpc) is 3.62. The van der Waals surface area contributed by atoms with E-state index >= 15 is 0 Å². The highest BCUT2D eigenvalue weighted by Gasteiger charge is 2.39. The number of ether oxygens (including phenoxy) is 3. The topological polar surface area (TPSA) is 105 Å². The highest BCUT2D eigenvalue weighted by molar-refractivity contribution is 5.90. The quantitative estimate of drug-likeness (QED) is 0.0743. The third-order valence-electron chi connectivity index (χ3n) is 10.0. The van der Waals surface area contributed by atoms with Crippen LogP contribution in [0.15, 0.2) is 11.6 Å². The maximum Gasteiger partial charge on any atom is 0.334 e. The van der Waals surface area contributed by atoms with E-state index in [-0.39, 0.29) is 42.6 Å². The van der Waals surface area contributed by atoms with Gasteiger partial charge in [-0.05, 0) is 57.9 Å².